The minimum absolute atomic E-state index is 0.656. The molecular formula is C18H23NOS. The Morgan fingerprint density at radius 1 is 1.24 bits per heavy atom. The van der Waals surface area contributed by atoms with Crippen LogP contribution in [0.4, 0.5) is 0 Å². The van der Waals surface area contributed by atoms with E-state index >= 15 is 0 Å². The second kappa shape index (κ2) is 6.20. The maximum absolute atomic E-state index is 5.31. The van der Waals surface area contributed by atoms with Crippen LogP contribution in [0.3, 0.4) is 0 Å². The van der Waals surface area contributed by atoms with Crippen LogP contribution < -0.4 is 10.1 Å². The molecule has 1 heterocycles. The van der Waals surface area contributed by atoms with E-state index in [-0.39, 0.29) is 0 Å². The third kappa shape index (κ3) is 3.30. The lowest BCUT2D eigenvalue weighted by molar-refractivity contribution is 0.289. The zero-order valence-corrected chi connectivity index (χ0v) is 13.8. The van der Waals surface area contributed by atoms with Crippen LogP contribution in [-0.4, -0.2) is 13.2 Å². The normalized spacial score (nSPS) is 21.1. The predicted octanol–water partition coefficient (Wildman–Crippen LogP) is 4.41. The number of hydrogen-bond acceptors (Lipinski definition) is 3. The van der Waals surface area contributed by atoms with E-state index < -0.39 is 0 Å². The lowest BCUT2D eigenvalue weighted by atomic mass is 9.76. The summed E-state index contributed by atoms with van der Waals surface area (Å²) in [5, 5.41) is 3.68. The van der Waals surface area contributed by atoms with Crippen LogP contribution in [0.1, 0.15) is 39.6 Å². The fourth-order valence-corrected chi connectivity index (χ4v) is 3.94. The molecule has 3 heteroatoms. The van der Waals surface area contributed by atoms with Crippen LogP contribution in [0.25, 0.3) is 0 Å². The molecule has 1 aromatic carbocycles. The monoisotopic (exact) mass is 301 g/mol. The van der Waals surface area contributed by atoms with Gasteiger partial charge >= 0.3 is 0 Å². The predicted molar refractivity (Wildman–Crippen MR) is 89.4 cm³/mol. The fourth-order valence-electron chi connectivity index (χ4n) is 2.93. The number of nitrogens with one attached hydrogen (secondary N) is 1. The molecule has 3 rings (SSSR count). The van der Waals surface area contributed by atoms with Crippen LogP contribution in [0.5, 0.6) is 5.75 Å². The van der Waals surface area contributed by atoms with Gasteiger partial charge in [0, 0.05) is 22.3 Å². The highest BCUT2D eigenvalue weighted by Gasteiger charge is 2.30. The summed E-state index contributed by atoms with van der Waals surface area (Å²) in [4.78, 5) is 2.89. The first kappa shape index (κ1) is 14.6. The number of aryl methyl sites for hydroxylation is 2. The maximum Gasteiger partial charge on any atom is 0.119 e. The second-order valence-electron chi connectivity index (χ2n) is 5.97. The smallest absolute Gasteiger partial charge is 0.119 e. The van der Waals surface area contributed by atoms with E-state index in [0.29, 0.717) is 12.0 Å². The van der Waals surface area contributed by atoms with Crippen LogP contribution in [-0.2, 0) is 6.54 Å². The van der Waals surface area contributed by atoms with E-state index in [1.54, 1.807) is 7.11 Å². The minimum atomic E-state index is 0.656. The lowest BCUT2D eigenvalue weighted by Gasteiger charge is -2.36. The van der Waals surface area contributed by atoms with Crippen molar-refractivity contribution in [2.24, 2.45) is 0 Å². The number of rotatable bonds is 5. The number of hydrogen-bond donors (Lipinski definition) is 1. The molecule has 0 saturated heterocycles. The SMILES string of the molecule is COc1cccc(C2CC(NCc3cc(C)c(C)s3)C2)c1. The average molecular weight is 301 g/mol. The van der Waals surface area contributed by atoms with Crippen molar-refractivity contribution in [2.75, 3.05) is 7.11 Å². The topological polar surface area (TPSA) is 21.3 Å². The molecule has 0 spiro atoms. The highest BCUT2D eigenvalue weighted by molar-refractivity contribution is 7.12. The fraction of sp³-hybridized carbons (Fsp3) is 0.444. The molecule has 0 amide bonds. The van der Waals surface area contributed by atoms with Gasteiger partial charge in [-0.05, 0) is 61.9 Å². The molecule has 1 saturated carbocycles. The third-order valence-corrected chi connectivity index (χ3v) is 5.64. The molecule has 0 unspecified atom stereocenters. The Balaban J connectivity index is 1.49. The third-order valence-electron chi connectivity index (χ3n) is 4.49. The van der Waals surface area contributed by atoms with Gasteiger partial charge in [0.05, 0.1) is 7.11 Å². The van der Waals surface area contributed by atoms with Crippen LogP contribution in [0.2, 0.25) is 0 Å². The maximum atomic E-state index is 5.31. The van der Waals surface area contributed by atoms with Gasteiger partial charge in [0.2, 0.25) is 0 Å². The highest BCUT2D eigenvalue weighted by Crippen LogP contribution is 2.38. The first-order valence-electron chi connectivity index (χ1n) is 7.59. The van der Waals surface area contributed by atoms with Crippen molar-refractivity contribution in [3.8, 4) is 5.75 Å². The van der Waals surface area contributed by atoms with Crippen molar-refractivity contribution in [1.82, 2.24) is 5.32 Å². The van der Waals surface area contributed by atoms with Gasteiger partial charge in [-0.1, -0.05) is 12.1 Å². The van der Waals surface area contributed by atoms with Gasteiger partial charge in [0.15, 0.2) is 0 Å². The summed E-state index contributed by atoms with van der Waals surface area (Å²) in [5.74, 6) is 1.65. The first-order chi connectivity index (χ1) is 10.2. The average Bonchev–Trinajstić information content (AvgIpc) is 2.76. The van der Waals surface area contributed by atoms with Gasteiger partial charge in [-0.25, -0.2) is 0 Å². The lowest BCUT2D eigenvalue weighted by Crippen LogP contribution is -2.39. The molecule has 0 aliphatic heterocycles. The van der Waals surface area contributed by atoms with Crippen molar-refractivity contribution in [3.05, 3.63) is 51.2 Å². The standard InChI is InChI=1S/C18H23NOS/c1-12-7-18(21-13(12)2)11-19-16-8-15(9-16)14-5-4-6-17(10-14)20-3/h4-7,10,15-16,19H,8-9,11H2,1-3H3. The van der Waals surface area contributed by atoms with Crippen molar-refractivity contribution in [3.63, 3.8) is 0 Å². The molecule has 1 aliphatic rings. The van der Waals surface area contributed by atoms with Crippen molar-refractivity contribution < 1.29 is 4.74 Å². The van der Waals surface area contributed by atoms with E-state index in [9.17, 15) is 0 Å². The Hall–Kier alpha value is -1.32. The van der Waals surface area contributed by atoms with E-state index in [2.05, 4.69) is 43.4 Å². The molecule has 0 radical (unpaired) electrons. The molecule has 2 aromatic rings. The van der Waals surface area contributed by atoms with E-state index in [1.807, 2.05) is 17.4 Å². The Kier molecular flexibility index (Phi) is 4.32. The Morgan fingerprint density at radius 2 is 2.05 bits per heavy atom. The summed E-state index contributed by atoms with van der Waals surface area (Å²) >= 11 is 1.91. The number of benzene rings is 1. The Morgan fingerprint density at radius 3 is 2.71 bits per heavy atom. The largest absolute Gasteiger partial charge is 0.497 e. The summed E-state index contributed by atoms with van der Waals surface area (Å²) < 4.78 is 5.31. The summed E-state index contributed by atoms with van der Waals surface area (Å²) in [6.07, 6.45) is 2.47. The van der Waals surface area contributed by atoms with Gasteiger partial charge < -0.3 is 10.1 Å². The molecule has 112 valence electrons. The molecule has 2 nitrogen and oxygen atoms in total. The molecule has 0 atom stereocenters. The molecule has 1 aromatic heterocycles. The summed E-state index contributed by atoms with van der Waals surface area (Å²) in [6, 6.07) is 11.5. The number of ether oxygens (including phenoxy) is 1. The Labute approximate surface area is 131 Å². The quantitative estimate of drug-likeness (QED) is 0.883. The number of thiophene rings is 1. The molecule has 0 bridgehead atoms. The van der Waals surface area contributed by atoms with Crippen molar-refractivity contribution in [1.29, 1.82) is 0 Å². The summed E-state index contributed by atoms with van der Waals surface area (Å²) in [5.41, 5.74) is 2.83. The second-order valence-corrected chi connectivity index (χ2v) is 7.32. The van der Waals surface area contributed by atoms with Gasteiger partial charge in [0.25, 0.3) is 0 Å². The molecule has 1 aliphatic carbocycles. The zero-order valence-electron chi connectivity index (χ0n) is 13.0. The van der Waals surface area contributed by atoms with Gasteiger partial charge in [0.1, 0.15) is 5.75 Å². The zero-order chi connectivity index (χ0) is 14.8. The first-order valence-corrected chi connectivity index (χ1v) is 8.40. The summed E-state index contributed by atoms with van der Waals surface area (Å²) in [6.45, 7) is 5.40. The van der Waals surface area contributed by atoms with Crippen LogP contribution in [0.15, 0.2) is 30.3 Å². The van der Waals surface area contributed by atoms with Crippen molar-refractivity contribution in [2.45, 2.75) is 45.2 Å². The van der Waals surface area contributed by atoms with E-state index in [1.165, 1.54) is 33.7 Å². The van der Waals surface area contributed by atoms with Gasteiger partial charge in [-0.2, -0.15) is 0 Å². The van der Waals surface area contributed by atoms with Crippen LogP contribution in [0, 0.1) is 13.8 Å². The summed E-state index contributed by atoms with van der Waals surface area (Å²) in [7, 11) is 1.73. The number of methoxy groups -OCH3 is 1. The van der Waals surface area contributed by atoms with Crippen molar-refractivity contribution >= 4 is 11.3 Å². The van der Waals surface area contributed by atoms with Crippen LogP contribution >= 0.6 is 11.3 Å². The van der Waals surface area contributed by atoms with E-state index in [0.717, 1.165) is 12.3 Å². The molecular weight excluding hydrogens is 278 g/mol. The highest BCUT2D eigenvalue weighted by atomic mass is 32.1. The molecule has 1 N–H and O–H groups in total. The molecule has 1 fully saturated rings. The van der Waals surface area contributed by atoms with E-state index in [4.69, 9.17) is 4.74 Å². The van der Waals surface area contributed by atoms with Gasteiger partial charge in [-0.3, -0.25) is 0 Å². The minimum Gasteiger partial charge on any atom is -0.497 e. The Bertz CT molecular complexity index is 594. The molecule has 21 heavy (non-hydrogen) atoms. The van der Waals surface area contributed by atoms with Gasteiger partial charge in [-0.15, -0.1) is 11.3 Å².